The summed E-state index contributed by atoms with van der Waals surface area (Å²) in [4.78, 5) is 25.7. The van der Waals surface area contributed by atoms with Crippen LogP contribution in [-0.4, -0.2) is 23.1 Å². The molecule has 0 bridgehead atoms. The van der Waals surface area contributed by atoms with Crippen LogP contribution in [0.5, 0.6) is 0 Å². The van der Waals surface area contributed by atoms with E-state index in [1.54, 1.807) is 11.3 Å². The lowest BCUT2D eigenvalue weighted by atomic mass is 9.81. The van der Waals surface area contributed by atoms with Crippen LogP contribution in [0.1, 0.15) is 59.2 Å². The fourth-order valence-corrected chi connectivity index (χ4v) is 4.74. The minimum Gasteiger partial charge on any atom is -0.462 e. The summed E-state index contributed by atoms with van der Waals surface area (Å²) in [6.45, 7) is 7.78. The molecule has 2 aromatic rings. The Bertz CT molecular complexity index is 802. The van der Waals surface area contributed by atoms with Crippen molar-refractivity contribution in [1.82, 2.24) is 9.88 Å². The van der Waals surface area contributed by atoms with Gasteiger partial charge in [-0.3, -0.25) is 4.79 Å². The predicted molar refractivity (Wildman–Crippen MR) is 111 cm³/mol. The zero-order valence-corrected chi connectivity index (χ0v) is 17.8. The van der Waals surface area contributed by atoms with Crippen molar-refractivity contribution in [2.24, 2.45) is 11.8 Å². The van der Waals surface area contributed by atoms with E-state index in [9.17, 15) is 9.59 Å². The van der Waals surface area contributed by atoms with Gasteiger partial charge in [-0.15, -0.1) is 11.3 Å². The van der Waals surface area contributed by atoms with Gasteiger partial charge in [0, 0.05) is 28.7 Å². The van der Waals surface area contributed by atoms with E-state index in [1.165, 1.54) is 4.88 Å². The van der Waals surface area contributed by atoms with Crippen LogP contribution in [-0.2, 0) is 22.6 Å². The lowest BCUT2D eigenvalue weighted by Crippen LogP contribution is -2.33. The van der Waals surface area contributed by atoms with Crippen molar-refractivity contribution in [3.05, 3.63) is 45.4 Å². The Morgan fingerprint density at radius 1 is 1.25 bits per heavy atom. The summed E-state index contributed by atoms with van der Waals surface area (Å²) < 4.78 is 7.39. The molecule has 1 fully saturated rings. The standard InChI is InChI=1S/C22H30N2O3S/c1-4-27-22(26)20-12-15(2)24(16(20)3)14-17-7-9-18(10-8-17)21(25)23-13-19-6-5-11-28-19/h5-6,11-12,17-18H,4,7-10,13-14H2,1-3H3,(H,23,25). The van der Waals surface area contributed by atoms with Crippen LogP contribution in [0.2, 0.25) is 0 Å². The van der Waals surface area contributed by atoms with Crippen molar-refractivity contribution in [1.29, 1.82) is 0 Å². The molecule has 1 N–H and O–H groups in total. The number of hydrogen-bond donors (Lipinski definition) is 1. The van der Waals surface area contributed by atoms with Gasteiger partial charge in [-0.1, -0.05) is 6.07 Å². The van der Waals surface area contributed by atoms with Crippen LogP contribution >= 0.6 is 11.3 Å². The van der Waals surface area contributed by atoms with Crippen molar-refractivity contribution < 1.29 is 14.3 Å². The number of thiophene rings is 1. The number of nitrogens with one attached hydrogen (secondary N) is 1. The van der Waals surface area contributed by atoms with Gasteiger partial charge in [-0.2, -0.15) is 0 Å². The minimum atomic E-state index is -0.243. The molecule has 0 aromatic carbocycles. The zero-order chi connectivity index (χ0) is 20.1. The van der Waals surface area contributed by atoms with E-state index in [-0.39, 0.29) is 17.8 Å². The topological polar surface area (TPSA) is 60.3 Å². The van der Waals surface area contributed by atoms with Gasteiger partial charge in [0.25, 0.3) is 0 Å². The molecule has 1 aliphatic rings. The van der Waals surface area contributed by atoms with Gasteiger partial charge in [0.15, 0.2) is 0 Å². The second-order valence-corrected chi connectivity index (χ2v) is 8.66. The van der Waals surface area contributed by atoms with Crippen LogP contribution in [0, 0.1) is 25.7 Å². The molecule has 3 rings (SSSR count). The second kappa shape index (κ2) is 9.41. The molecule has 0 saturated heterocycles. The van der Waals surface area contributed by atoms with Crippen molar-refractivity contribution in [2.45, 2.75) is 59.5 Å². The van der Waals surface area contributed by atoms with E-state index >= 15 is 0 Å². The number of rotatable bonds is 7. The van der Waals surface area contributed by atoms with Gasteiger partial charge in [-0.05, 0) is 69.9 Å². The minimum absolute atomic E-state index is 0.123. The molecule has 1 aliphatic carbocycles. The summed E-state index contributed by atoms with van der Waals surface area (Å²) in [7, 11) is 0. The summed E-state index contributed by atoms with van der Waals surface area (Å²) in [6.07, 6.45) is 3.96. The van der Waals surface area contributed by atoms with Crippen molar-refractivity contribution >= 4 is 23.2 Å². The number of carbonyl (C=O) groups is 2. The van der Waals surface area contributed by atoms with Gasteiger partial charge in [0.2, 0.25) is 5.91 Å². The molecule has 0 spiro atoms. The van der Waals surface area contributed by atoms with Crippen LogP contribution in [0.25, 0.3) is 0 Å². The summed E-state index contributed by atoms with van der Waals surface area (Å²) in [5, 5.41) is 5.11. The van der Waals surface area contributed by atoms with Crippen LogP contribution < -0.4 is 5.32 Å². The molecule has 152 valence electrons. The van der Waals surface area contributed by atoms with E-state index in [0.717, 1.165) is 43.6 Å². The molecular weight excluding hydrogens is 372 g/mol. The molecule has 1 amide bonds. The average molecular weight is 403 g/mol. The van der Waals surface area contributed by atoms with Crippen LogP contribution in [0.15, 0.2) is 23.6 Å². The first-order chi connectivity index (χ1) is 13.5. The summed E-state index contributed by atoms with van der Waals surface area (Å²) in [6, 6.07) is 5.99. The highest BCUT2D eigenvalue weighted by Crippen LogP contribution is 2.31. The maximum atomic E-state index is 12.4. The first-order valence-corrected chi connectivity index (χ1v) is 11.0. The summed E-state index contributed by atoms with van der Waals surface area (Å²) in [5.74, 6) is 0.608. The largest absolute Gasteiger partial charge is 0.462 e. The average Bonchev–Trinajstić information content (AvgIpc) is 3.30. The lowest BCUT2D eigenvalue weighted by molar-refractivity contribution is -0.126. The highest BCUT2D eigenvalue weighted by molar-refractivity contribution is 7.09. The first-order valence-electron chi connectivity index (χ1n) is 10.1. The van der Waals surface area contributed by atoms with Gasteiger partial charge in [-0.25, -0.2) is 4.79 Å². The number of aryl methyl sites for hydroxylation is 1. The Morgan fingerprint density at radius 3 is 2.64 bits per heavy atom. The van der Waals surface area contributed by atoms with E-state index in [2.05, 4.69) is 9.88 Å². The number of carbonyl (C=O) groups excluding carboxylic acids is 2. The van der Waals surface area contributed by atoms with Gasteiger partial charge >= 0.3 is 5.97 Å². The van der Waals surface area contributed by atoms with Crippen LogP contribution in [0.4, 0.5) is 0 Å². The smallest absolute Gasteiger partial charge is 0.339 e. The van der Waals surface area contributed by atoms with Gasteiger partial charge < -0.3 is 14.6 Å². The Hall–Kier alpha value is -2.08. The van der Waals surface area contributed by atoms with Crippen LogP contribution in [0.3, 0.4) is 0 Å². The molecular formula is C22H30N2O3S. The monoisotopic (exact) mass is 402 g/mol. The first kappa shape index (κ1) is 20.6. The number of nitrogens with zero attached hydrogens (tertiary/aromatic N) is 1. The highest BCUT2D eigenvalue weighted by Gasteiger charge is 2.27. The predicted octanol–water partition coefficient (Wildman–Crippen LogP) is 4.47. The van der Waals surface area contributed by atoms with Crippen molar-refractivity contribution in [2.75, 3.05) is 6.61 Å². The van der Waals surface area contributed by atoms with E-state index in [0.29, 0.717) is 24.6 Å². The molecule has 2 heterocycles. The number of ether oxygens (including phenoxy) is 1. The normalized spacial score (nSPS) is 19.4. The molecule has 0 atom stereocenters. The lowest BCUT2D eigenvalue weighted by Gasteiger charge is -2.29. The number of aromatic nitrogens is 1. The third-order valence-electron chi connectivity index (χ3n) is 5.74. The quantitative estimate of drug-likeness (QED) is 0.695. The number of esters is 1. The second-order valence-electron chi connectivity index (χ2n) is 7.63. The number of amides is 1. The highest BCUT2D eigenvalue weighted by atomic mass is 32.1. The third-order valence-corrected chi connectivity index (χ3v) is 6.62. The zero-order valence-electron chi connectivity index (χ0n) is 17.0. The van der Waals surface area contributed by atoms with Crippen molar-refractivity contribution in [3.63, 3.8) is 0 Å². The van der Waals surface area contributed by atoms with Gasteiger partial charge in [0.05, 0.1) is 18.7 Å². The Morgan fingerprint density at radius 2 is 2.00 bits per heavy atom. The number of hydrogen-bond acceptors (Lipinski definition) is 4. The van der Waals surface area contributed by atoms with Gasteiger partial charge in [0.1, 0.15) is 0 Å². The summed E-state index contributed by atoms with van der Waals surface area (Å²) in [5.41, 5.74) is 2.74. The molecule has 2 aromatic heterocycles. The third kappa shape index (κ3) is 4.85. The molecule has 0 aliphatic heterocycles. The molecule has 1 saturated carbocycles. The summed E-state index contributed by atoms with van der Waals surface area (Å²) >= 11 is 1.67. The Labute approximate surface area is 171 Å². The van der Waals surface area contributed by atoms with E-state index in [1.807, 2.05) is 44.4 Å². The Balaban J connectivity index is 1.51. The molecule has 0 unspecified atom stereocenters. The van der Waals surface area contributed by atoms with E-state index < -0.39 is 0 Å². The molecule has 0 radical (unpaired) electrons. The van der Waals surface area contributed by atoms with Crippen molar-refractivity contribution in [3.8, 4) is 0 Å². The Kier molecular flexibility index (Phi) is 6.94. The molecule has 5 nitrogen and oxygen atoms in total. The fourth-order valence-electron chi connectivity index (χ4n) is 4.09. The van der Waals surface area contributed by atoms with E-state index in [4.69, 9.17) is 4.74 Å². The molecule has 6 heteroatoms. The SMILES string of the molecule is CCOC(=O)c1cc(C)n(CC2CCC(C(=O)NCc3cccs3)CC2)c1C. The fraction of sp³-hybridized carbons (Fsp3) is 0.545. The maximum Gasteiger partial charge on any atom is 0.339 e. The maximum absolute atomic E-state index is 12.4. The molecule has 28 heavy (non-hydrogen) atoms.